The molecule has 1 aromatic carbocycles. The first-order chi connectivity index (χ1) is 15.2. The third-order valence-electron chi connectivity index (χ3n) is 5.67. The van der Waals surface area contributed by atoms with E-state index in [4.69, 9.17) is 9.47 Å². The van der Waals surface area contributed by atoms with Crippen molar-refractivity contribution < 1.29 is 27.4 Å². The van der Waals surface area contributed by atoms with Crippen LogP contribution in [0.3, 0.4) is 0 Å². The topological polar surface area (TPSA) is 64.6 Å². The lowest BCUT2D eigenvalue weighted by molar-refractivity contribution is -0.141. The molecule has 1 saturated heterocycles. The van der Waals surface area contributed by atoms with Crippen LogP contribution >= 0.6 is 11.8 Å². The lowest BCUT2D eigenvalue weighted by atomic mass is 9.93. The van der Waals surface area contributed by atoms with Crippen LogP contribution in [0.4, 0.5) is 13.2 Å². The number of ether oxygens (including phenoxy) is 2. The molecule has 4 rings (SSSR count). The van der Waals surface area contributed by atoms with Gasteiger partial charge >= 0.3 is 6.18 Å². The lowest BCUT2D eigenvalue weighted by Gasteiger charge is -2.36. The molecule has 0 N–H and O–H groups in total. The van der Waals surface area contributed by atoms with Crippen molar-refractivity contribution in [1.29, 1.82) is 0 Å². The van der Waals surface area contributed by atoms with Crippen LogP contribution in [0.15, 0.2) is 29.4 Å². The number of thioether (sulfide) groups is 1. The van der Waals surface area contributed by atoms with E-state index >= 15 is 0 Å². The maximum atomic E-state index is 13.4. The predicted molar refractivity (Wildman–Crippen MR) is 114 cm³/mol. The van der Waals surface area contributed by atoms with Gasteiger partial charge in [-0.2, -0.15) is 13.2 Å². The van der Waals surface area contributed by atoms with Crippen molar-refractivity contribution in [2.75, 3.05) is 19.1 Å². The molecule has 0 saturated carbocycles. The second-order valence-corrected chi connectivity index (χ2v) is 9.21. The number of rotatable bonds is 5. The number of nitrogens with zero attached hydrogens (tertiary/aromatic N) is 3. The molecule has 0 aliphatic carbocycles. The summed E-state index contributed by atoms with van der Waals surface area (Å²) in [5.41, 5.74) is -0.415. The Hall–Kier alpha value is -2.49. The van der Waals surface area contributed by atoms with Crippen molar-refractivity contribution >= 4 is 17.7 Å². The summed E-state index contributed by atoms with van der Waals surface area (Å²) in [6.07, 6.45) is -2.45. The molecule has 1 aromatic heterocycles. The SMILES string of the molecule is C[C@H]1CCN(C(=O)CCSc2nc(-c3ccc4c(c3)OCO4)cc(C(F)(F)F)n2)[C@@H](C)C1. The van der Waals surface area contributed by atoms with Gasteiger partial charge in [0.05, 0.1) is 5.69 Å². The van der Waals surface area contributed by atoms with Crippen molar-refractivity contribution in [3.05, 3.63) is 30.0 Å². The van der Waals surface area contributed by atoms with E-state index in [1.54, 1.807) is 18.2 Å². The number of piperidine rings is 1. The molecule has 3 heterocycles. The summed E-state index contributed by atoms with van der Waals surface area (Å²) in [7, 11) is 0. The monoisotopic (exact) mass is 467 g/mol. The number of carbonyl (C=O) groups excluding carboxylic acids is 1. The first-order valence-electron chi connectivity index (χ1n) is 10.5. The second-order valence-electron chi connectivity index (χ2n) is 8.15. The summed E-state index contributed by atoms with van der Waals surface area (Å²) in [5.74, 6) is 1.91. The molecule has 10 heteroatoms. The van der Waals surface area contributed by atoms with Crippen LogP contribution in [0.1, 0.15) is 38.8 Å². The van der Waals surface area contributed by atoms with E-state index in [0.29, 0.717) is 28.7 Å². The van der Waals surface area contributed by atoms with E-state index in [1.165, 1.54) is 0 Å². The summed E-state index contributed by atoms with van der Waals surface area (Å²) >= 11 is 1.05. The van der Waals surface area contributed by atoms with Gasteiger partial charge in [0.15, 0.2) is 16.7 Å². The molecule has 2 aliphatic heterocycles. The highest BCUT2D eigenvalue weighted by Crippen LogP contribution is 2.37. The molecule has 6 nitrogen and oxygen atoms in total. The minimum atomic E-state index is -4.61. The zero-order chi connectivity index (χ0) is 22.9. The number of aromatic nitrogens is 2. The fraction of sp³-hybridized carbons (Fsp3) is 0.500. The number of carbonyl (C=O) groups is 1. The molecule has 1 fully saturated rings. The molecule has 2 aromatic rings. The third kappa shape index (κ3) is 5.11. The molecule has 0 bridgehead atoms. The van der Waals surface area contributed by atoms with Crippen LogP contribution in [0.25, 0.3) is 11.3 Å². The average Bonchev–Trinajstić information content (AvgIpc) is 3.20. The maximum Gasteiger partial charge on any atom is 0.433 e. The first kappa shape index (κ1) is 22.7. The standard InChI is InChI=1S/C22H24F3N3O3S/c1-13-5-7-28(14(2)9-13)20(29)6-8-32-21-26-16(11-19(27-21)22(23,24)25)15-3-4-17-18(10-15)31-12-30-17/h3-4,10-11,13-14H,5-9,12H2,1-2H3/t13-,14-/m0/s1. The zero-order valence-electron chi connectivity index (χ0n) is 17.8. The Bertz CT molecular complexity index is 1000. The van der Waals surface area contributed by atoms with E-state index in [1.807, 2.05) is 11.8 Å². The van der Waals surface area contributed by atoms with E-state index in [-0.39, 0.29) is 36.0 Å². The Balaban J connectivity index is 1.48. The Labute approximate surface area is 188 Å². The summed E-state index contributed by atoms with van der Waals surface area (Å²) in [6.45, 7) is 5.01. The van der Waals surface area contributed by atoms with E-state index < -0.39 is 11.9 Å². The quantitative estimate of drug-likeness (QED) is 0.455. The van der Waals surface area contributed by atoms with Crippen molar-refractivity contribution in [3.8, 4) is 22.8 Å². The molecule has 0 radical (unpaired) electrons. The maximum absolute atomic E-state index is 13.4. The van der Waals surface area contributed by atoms with Crippen LogP contribution in [-0.2, 0) is 11.0 Å². The number of likely N-dealkylation sites (tertiary alicyclic amines) is 1. The number of halogens is 3. The van der Waals surface area contributed by atoms with Gasteiger partial charge < -0.3 is 14.4 Å². The van der Waals surface area contributed by atoms with Crippen molar-refractivity contribution in [2.45, 2.75) is 50.5 Å². The number of fused-ring (bicyclic) bond motifs is 1. The van der Waals surface area contributed by atoms with E-state index in [9.17, 15) is 18.0 Å². The van der Waals surface area contributed by atoms with Gasteiger partial charge in [0, 0.05) is 30.3 Å². The second kappa shape index (κ2) is 9.17. The predicted octanol–water partition coefficient (Wildman–Crippen LogP) is 5.02. The average molecular weight is 468 g/mol. The molecule has 2 atom stereocenters. The summed E-state index contributed by atoms with van der Waals surface area (Å²) in [6, 6.07) is 5.97. The van der Waals surface area contributed by atoms with Gasteiger partial charge in [0.2, 0.25) is 12.7 Å². The Kier molecular flexibility index (Phi) is 6.50. The van der Waals surface area contributed by atoms with Gasteiger partial charge in [-0.25, -0.2) is 9.97 Å². The molecule has 32 heavy (non-hydrogen) atoms. The van der Waals surface area contributed by atoms with E-state index in [0.717, 1.165) is 37.2 Å². The number of benzene rings is 1. The van der Waals surface area contributed by atoms with Gasteiger partial charge in [-0.05, 0) is 49.9 Å². The smallest absolute Gasteiger partial charge is 0.433 e. The van der Waals surface area contributed by atoms with Gasteiger partial charge in [0.1, 0.15) is 5.69 Å². The number of hydrogen-bond donors (Lipinski definition) is 0. The minimum Gasteiger partial charge on any atom is -0.454 e. The van der Waals surface area contributed by atoms with Crippen LogP contribution in [0.2, 0.25) is 0 Å². The minimum absolute atomic E-state index is 0.0133. The molecule has 2 aliphatic rings. The van der Waals surface area contributed by atoms with Crippen molar-refractivity contribution in [2.24, 2.45) is 5.92 Å². The molecular weight excluding hydrogens is 443 g/mol. The largest absolute Gasteiger partial charge is 0.454 e. The number of hydrogen-bond acceptors (Lipinski definition) is 6. The Morgan fingerprint density at radius 1 is 1.19 bits per heavy atom. The van der Waals surface area contributed by atoms with Crippen LogP contribution in [0, 0.1) is 5.92 Å². The molecule has 0 unspecified atom stereocenters. The lowest BCUT2D eigenvalue weighted by Crippen LogP contribution is -2.44. The zero-order valence-corrected chi connectivity index (χ0v) is 18.6. The highest BCUT2D eigenvalue weighted by molar-refractivity contribution is 7.99. The summed E-state index contributed by atoms with van der Waals surface area (Å²) < 4.78 is 50.9. The summed E-state index contributed by atoms with van der Waals surface area (Å²) in [4.78, 5) is 22.5. The van der Waals surface area contributed by atoms with Crippen molar-refractivity contribution in [3.63, 3.8) is 0 Å². The number of alkyl halides is 3. The molecule has 1 amide bonds. The fourth-order valence-corrected chi connectivity index (χ4v) is 4.77. The Morgan fingerprint density at radius 3 is 2.72 bits per heavy atom. The highest BCUT2D eigenvalue weighted by Gasteiger charge is 2.34. The van der Waals surface area contributed by atoms with Crippen LogP contribution in [0.5, 0.6) is 11.5 Å². The van der Waals surface area contributed by atoms with E-state index in [2.05, 4.69) is 16.9 Å². The van der Waals surface area contributed by atoms with Gasteiger partial charge in [0.25, 0.3) is 0 Å². The summed E-state index contributed by atoms with van der Waals surface area (Å²) in [5, 5.41) is -0.0133. The number of amides is 1. The highest BCUT2D eigenvalue weighted by atomic mass is 32.2. The third-order valence-corrected chi connectivity index (χ3v) is 6.52. The van der Waals surface area contributed by atoms with Crippen LogP contribution < -0.4 is 9.47 Å². The molecular formula is C22H24F3N3O3S. The Morgan fingerprint density at radius 2 is 1.97 bits per heavy atom. The van der Waals surface area contributed by atoms with Gasteiger partial charge in [-0.3, -0.25) is 4.79 Å². The van der Waals surface area contributed by atoms with Crippen LogP contribution in [-0.4, -0.2) is 45.9 Å². The van der Waals surface area contributed by atoms with Crippen molar-refractivity contribution in [1.82, 2.24) is 14.9 Å². The fourth-order valence-electron chi connectivity index (χ4n) is 3.99. The molecule has 0 spiro atoms. The van der Waals surface area contributed by atoms with Gasteiger partial charge in [-0.15, -0.1) is 0 Å². The normalized spacial score (nSPS) is 20.5. The van der Waals surface area contributed by atoms with Gasteiger partial charge in [-0.1, -0.05) is 18.7 Å². The molecule has 172 valence electrons. The first-order valence-corrected chi connectivity index (χ1v) is 11.5.